The molecule has 0 bridgehead atoms. The summed E-state index contributed by atoms with van der Waals surface area (Å²) in [5.74, 6) is -0.137. The van der Waals surface area contributed by atoms with Crippen LogP contribution >= 0.6 is 12.4 Å². The van der Waals surface area contributed by atoms with Gasteiger partial charge < -0.3 is 15.4 Å². The summed E-state index contributed by atoms with van der Waals surface area (Å²) in [5, 5.41) is 6.08. The maximum atomic E-state index is 12.3. The minimum Gasteiger partial charge on any atom is -0.434 e. The van der Waals surface area contributed by atoms with Crippen LogP contribution in [0.3, 0.4) is 0 Å². The summed E-state index contributed by atoms with van der Waals surface area (Å²) in [7, 11) is 0. The molecule has 0 aromatic heterocycles. The number of ether oxygens (including phenoxy) is 1. The lowest BCUT2D eigenvalue weighted by Gasteiger charge is -2.30. The van der Waals surface area contributed by atoms with Crippen LogP contribution in [0.5, 0.6) is 5.75 Å². The molecule has 1 heterocycles. The van der Waals surface area contributed by atoms with Crippen molar-refractivity contribution in [3.8, 4) is 5.75 Å². The highest BCUT2D eigenvalue weighted by Crippen LogP contribution is 2.21. The molecule has 1 aromatic rings. The minimum absolute atomic E-state index is 0. The van der Waals surface area contributed by atoms with E-state index < -0.39 is 6.61 Å². The summed E-state index contributed by atoms with van der Waals surface area (Å²) in [4.78, 5) is 12.2. The molecule has 2 N–H and O–H groups in total. The topological polar surface area (TPSA) is 50.4 Å². The second-order valence-corrected chi connectivity index (χ2v) is 4.92. The second-order valence-electron chi connectivity index (χ2n) is 4.92. The van der Waals surface area contributed by atoms with Crippen molar-refractivity contribution in [3.05, 3.63) is 29.8 Å². The number of piperidine rings is 1. The molecule has 0 spiro atoms. The predicted molar refractivity (Wildman–Crippen MR) is 78.2 cm³/mol. The zero-order chi connectivity index (χ0) is 14.5. The zero-order valence-electron chi connectivity index (χ0n) is 11.6. The molecule has 0 aliphatic carbocycles. The van der Waals surface area contributed by atoms with E-state index in [9.17, 15) is 13.6 Å². The van der Waals surface area contributed by atoms with Gasteiger partial charge in [0.25, 0.3) is 5.91 Å². The van der Waals surface area contributed by atoms with Crippen molar-refractivity contribution in [1.82, 2.24) is 10.6 Å². The lowest BCUT2D eigenvalue weighted by Crippen LogP contribution is -2.50. The number of halogens is 3. The number of carbonyl (C=O) groups excluding carboxylic acids is 1. The van der Waals surface area contributed by atoms with Crippen LogP contribution in [0.2, 0.25) is 0 Å². The first-order valence-corrected chi connectivity index (χ1v) is 6.63. The quantitative estimate of drug-likeness (QED) is 0.896. The summed E-state index contributed by atoms with van der Waals surface area (Å²) in [6, 6.07) is 6.02. The molecule has 0 saturated carbocycles. The number of carbonyl (C=O) groups is 1. The Bertz CT molecular complexity index is 474. The van der Waals surface area contributed by atoms with E-state index in [0.29, 0.717) is 12.5 Å². The molecule has 2 atom stereocenters. The Morgan fingerprint density at radius 2 is 2.14 bits per heavy atom. The SMILES string of the molecule is CC1CCNCC1NC(=O)c1ccccc1OC(F)F.Cl. The first kappa shape index (κ1) is 17.7. The van der Waals surface area contributed by atoms with Crippen LogP contribution in [0, 0.1) is 5.92 Å². The van der Waals surface area contributed by atoms with Crippen molar-refractivity contribution in [1.29, 1.82) is 0 Å². The van der Waals surface area contributed by atoms with Gasteiger partial charge in [0.2, 0.25) is 0 Å². The Balaban J connectivity index is 0.00000220. The fourth-order valence-electron chi connectivity index (χ4n) is 2.28. The van der Waals surface area contributed by atoms with Crippen molar-refractivity contribution < 1.29 is 18.3 Å². The van der Waals surface area contributed by atoms with Crippen LogP contribution < -0.4 is 15.4 Å². The number of para-hydroxylation sites is 1. The van der Waals surface area contributed by atoms with E-state index >= 15 is 0 Å². The van der Waals surface area contributed by atoms with Gasteiger partial charge in [0.05, 0.1) is 5.56 Å². The Morgan fingerprint density at radius 3 is 2.81 bits per heavy atom. The van der Waals surface area contributed by atoms with Crippen molar-refractivity contribution >= 4 is 18.3 Å². The number of benzene rings is 1. The largest absolute Gasteiger partial charge is 0.434 e. The number of rotatable bonds is 4. The van der Waals surface area contributed by atoms with E-state index in [0.717, 1.165) is 13.0 Å². The van der Waals surface area contributed by atoms with E-state index in [1.165, 1.54) is 12.1 Å². The van der Waals surface area contributed by atoms with Crippen LogP contribution in [0.15, 0.2) is 24.3 Å². The van der Waals surface area contributed by atoms with Crippen LogP contribution in [-0.2, 0) is 0 Å². The van der Waals surface area contributed by atoms with Crippen LogP contribution in [0.25, 0.3) is 0 Å². The highest BCUT2D eigenvalue weighted by molar-refractivity contribution is 5.97. The number of nitrogens with one attached hydrogen (secondary N) is 2. The van der Waals surface area contributed by atoms with E-state index in [1.807, 2.05) is 0 Å². The highest BCUT2D eigenvalue weighted by atomic mass is 35.5. The first-order valence-electron chi connectivity index (χ1n) is 6.63. The Morgan fingerprint density at radius 1 is 1.43 bits per heavy atom. The average molecular weight is 321 g/mol. The Labute approximate surface area is 128 Å². The van der Waals surface area contributed by atoms with Gasteiger partial charge in [-0.25, -0.2) is 0 Å². The van der Waals surface area contributed by atoms with Gasteiger partial charge in [-0.15, -0.1) is 12.4 Å². The molecule has 2 rings (SSSR count). The van der Waals surface area contributed by atoms with Gasteiger partial charge in [-0.1, -0.05) is 19.1 Å². The average Bonchev–Trinajstić information content (AvgIpc) is 2.41. The van der Waals surface area contributed by atoms with Crippen LogP contribution in [-0.4, -0.2) is 31.7 Å². The highest BCUT2D eigenvalue weighted by Gasteiger charge is 2.24. The Kier molecular flexibility index (Phi) is 6.84. The molecule has 118 valence electrons. The van der Waals surface area contributed by atoms with Gasteiger partial charge in [-0.05, 0) is 31.0 Å². The van der Waals surface area contributed by atoms with Crippen LogP contribution in [0.4, 0.5) is 8.78 Å². The summed E-state index contributed by atoms with van der Waals surface area (Å²) in [6.07, 6.45) is 0.972. The standard InChI is InChI=1S/C14H18F2N2O2.ClH/c1-9-6-7-17-8-11(9)18-13(19)10-4-2-3-5-12(10)20-14(15)16;/h2-5,9,11,14,17H,6-8H2,1H3,(H,18,19);1H. The molecular weight excluding hydrogens is 302 g/mol. The van der Waals surface area contributed by atoms with Crippen LogP contribution in [0.1, 0.15) is 23.7 Å². The molecule has 7 heteroatoms. The fraction of sp³-hybridized carbons (Fsp3) is 0.500. The van der Waals surface area contributed by atoms with Gasteiger partial charge in [0.15, 0.2) is 0 Å². The number of hydrogen-bond acceptors (Lipinski definition) is 3. The van der Waals surface area contributed by atoms with Crippen molar-refractivity contribution in [2.75, 3.05) is 13.1 Å². The number of alkyl halides is 2. The third-order valence-electron chi connectivity index (χ3n) is 3.49. The summed E-state index contributed by atoms with van der Waals surface area (Å²) < 4.78 is 29.0. The third kappa shape index (κ3) is 4.82. The third-order valence-corrected chi connectivity index (χ3v) is 3.49. The maximum Gasteiger partial charge on any atom is 0.387 e. The molecule has 1 aliphatic rings. The molecular formula is C14H19ClF2N2O2. The van der Waals surface area contributed by atoms with Gasteiger partial charge in [0, 0.05) is 12.6 Å². The van der Waals surface area contributed by atoms with Crippen molar-refractivity contribution in [2.45, 2.75) is 26.0 Å². The van der Waals surface area contributed by atoms with Gasteiger partial charge >= 0.3 is 6.61 Å². The van der Waals surface area contributed by atoms with Crippen molar-refractivity contribution in [2.24, 2.45) is 5.92 Å². The molecule has 1 amide bonds. The molecule has 2 unspecified atom stereocenters. The zero-order valence-corrected chi connectivity index (χ0v) is 12.5. The first-order chi connectivity index (χ1) is 9.58. The summed E-state index contributed by atoms with van der Waals surface area (Å²) in [6.45, 7) is 0.732. The normalized spacial score (nSPS) is 21.5. The minimum atomic E-state index is -2.95. The number of hydrogen-bond donors (Lipinski definition) is 2. The van der Waals surface area contributed by atoms with E-state index in [1.54, 1.807) is 12.1 Å². The van der Waals surface area contributed by atoms with E-state index in [-0.39, 0.29) is 35.7 Å². The van der Waals surface area contributed by atoms with E-state index in [4.69, 9.17) is 0 Å². The van der Waals surface area contributed by atoms with Crippen molar-refractivity contribution in [3.63, 3.8) is 0 Å². The Hall–Kier alpha value is -1.40. The lowest BCUT2D eigenvalue weighted by molar-refractivity contribution is -0.0501. The van der Waals surface area contributed by atoms with E-state index in [2.05, 4.69) is 22.3 Å². The summed E-state index contributed by atoms with van der Waals surface area (Å²) >= 11 is 0. The summed E-state index contributed by atoms with van der Waals surface area (Å²) in [5.41, 5.74) is 0.130. The molecule has 0 radical (unpaired) electrons. The molecule has 21 heavy (non-hydrogen) atoms. The number of amides is 1. The molecule has 1 fully saturated rings. The smallest absolute Gasteiger partial charge is 0.387 e. The molecule has 4 nitrogen and oxygen atoms in total. The van der Waals surface area contributed by atoms with Gasteiger partial charge in [-0.2, -0.15) is 8.78 Å². The maximum absolute atomic E-state index is 12.3. The second kappa shape index (κ2) is 8.14. The lowest BCUT2D eigenvalue weighted by atomic mass is 9.94. The fourth-order valence-corrected chi connectivity index (χ4v) is 2.28. The van der Waals surface area contributed by atoms with Gasteiger partial charge in [-0.3, -0.25) is 4.79 Å². The molecule has 1 saturated heterocycles. The monoisotopic (exact) mass is 320 g/mol. The van der Waals surface area contributed by atoms with Gasteiger partial charge in [0.1, 0.15) is 5.75 Å². The molecule has 1 aliphatic heterocycles. The molecule has 1 aromatic carbocycles. The predicted octanol–water partition coefficient (Wildman–Crippen LogP) is 2.44.